The van der Waals surface area contributed by atoms with E-state index in [1.54, 1.807) is 0 Å². The Balaban J connectivity index is 1.64. The SMILES string of the molecule is CCn1c(C(O)(c2ccccc2)c2ccccc2)nc2ccc(C(=O)N3CCN(C)CC3)cc21. The van der Waals surface area contributed by atoms with Gasteiger partial charge in [0.2, 0.25) is 0 Å². The van der Waals surface area contributed by atoms with Gasteiger partial charge in [0, 0.05) is 38.3 Å². The number of piperazine rings is 1. The lowest BCUT2D eigenvalue weighted by molar-refractivity contribution is 0.0664. The molecule has 1 saturated heterocycles. The fourth-order valence-electron chi connectivity index (χ4n) is 4.83. The van der Waals surface area contributed by atoms with Crippen LogP contribution in [0.15, 0.2) is 78.9 Å². The van der Waals surface area contributed by atoms with Gasteiger partial charge in [-0.1, -0.05) is 60.7 Å². The van der Waals surface area contributed by atoms with Gasteiger partial charge >= 0.3 is 0 Å². The molecule has 4 aromatic rings. The molecule has 0 bridgehead atoms. The van der Waals surface area contributed by atoms with Gasteiger partial charge in [0.1, 0.15) is 0 Å². The van der Waals surface area contributed by atoms with E-state index in [0.717, 1.165) is 48.3 Å². The van der Waals surface area contributed by atoms with Gasteiger partial charge in [-0.25, -0.2) is 4.98 Å². The van der Waals surface area contributed by atoms with E-state index in [1.165, 1.54) is 0 Å². The zero-order valence-electron chi connectivity index (χ0n) is 19.7. The van der Waals surface area contributed by atoms with Crippen LogP contribution >= 0.6 is 0 Å². The molecular formula is C28H30N4O2. The van der Waals surface area contributed by atoms with Gasteiger partial charge in [0.15, 0.2) is 11.4 Å². The van der Waals surface area contributed by atoms with E-state index in [-0.39, 0.29) is 5.91 Å². The fraction of sp³-hybridized carbons (Fsp3) is 0.286. The first-order valence-electron chi connectivity index (χ1n) is 11.8. The van der Waals surface area contributed by atoms with Crippen molar-refractivity contribution in [2.75, 3.05) is 33.2 Å². The van der Waals surface area contributed by atoms with Crippen molar-refractivity contribution in [2.24, 2.45) is 0 Å². The molecule has 0 saturated carbocycles. The Morgan fingerprint density at radius 3 is 2.06 bits per heavy atom. The Morgan fingerprint density at radius 1 is 0.912 bits per heavy atom. The highest BCUT2D eigenvalue weighted by atomic mass is 16.3. The van der Waals surface area contributed by atoms with Crippen LogP contribution in [-0.4, -0.2) is 63.6 Å². The number of hydrogen-bond acceptors (Lipinski definition) is 4. The molecule has 6 heteroatoms. The number of fused-ring (bicyclic) bond motifs is 1. The number of rotatable bonds is 5. The average molecular weight is 455 g/mol. The van der Waals surface area contributed by atoms with Crippen LogP contribution in [0.3, 0.4) is 0 Å². The second kappa shape index (κ2) is 9.05. The lowest BCUT2D eigenvalue weighted by Gasteiger charge is -2.32. The number of nitrogens with zero attached hydrogens (tertiary/aromatic N) is 4. The van der Waals surface area contributed by atoms with Crippen LogP contribution < -0.4 is 0 Å². The Bertz CT molecular complexity index is 1250. The number of benzene rings is 3. The third-order valence-corrected chi connectivity index (χ3v) is 6.81. The number of imidazole rings is 1. The molecule has 1 aromatic heterocycles. The molecule has 0 unspecified atom stereocenters. The van der Waals surface area contributed by atoms with Crippen molar-refractivity contribution in [3.63, 3.8) is 0 Å². The van der Waals surface area contributed by atoms with Crippen molar-refractivity contribution >= 4 is 16.9 Å². The lowest BCUT2D eigenvalue weighted by Crippen LogP contribution is -2.47. The zero-order chi connectivity index (χ0) is 23.7. The number of hydrogen-bond donors (Lipinski definition) is 1. The van der Waals surface area contributed by atoms with Crippen molar-refractivity contribution in [2.45, 2.75) is 19.1 Å². The van der Waals surface area contributed by atoms with Crippen molar-refractivity contribution in [3.05, 3.63) is 101 Å². The van der Waals surface area contributed by atoms with Crippen LogP contribution in [0.25, 0.3) is 11.0 Å². The van der Waals surface area contributed by atoms with E-state index in [2.05, 4.69) is 11.9 Å². The van der Waals surface area contributed by atoms with E-state index in [1.807, 2.05) is 95.3 Å². The van der Waals surface area contributed by atoms with Crippen molar-refractivity contribution in [3.8, 4) is 0 Å². The minimum atomic E-state index is -1.43. The van der Waals surface area contributed by atoms with Gasteiger partial charge in [0.25, 0.3) is 5.91 Å². The van der Waals surface area contributed by atoms with Gasteiger partial charge in [-0.05, 0) is 43.3 Å². The molecule has 0 aliphatic carbocycles. The van der Waals surface area contributed by atoms with Crippen LogP contribution in [-0.2, 0) is 12.1 Å². The van der Waals surface area contributed by atoms with Crippen LogP contribution in [0.4, 0.5) is 0 Å². The quantitative estimate of drug-likeness (QED) is 0.499. The molecule has 1 aliphatic heterocycles. The maximum Gasteiger partial charge on any atom is 0.254 e. The Labute approximate surface area is 200 Å². The van der Waals surface area contributed by atoms with Gasteiger partial charge in [-0.15, -0.1) is 0 Å². The number of aryl methyl sites for hydroxylation is 1. The average Bonchev–Trinajstić information content (AvgIpc) is 3.27. The fourth-order valence-corrected chi connectivity index (χ4v) is 4.83. The second-order valence-electron chi connectivity index (χ2n) is 8.92. The molecule has 174 valence electrons. The van der Waals surface area contributed by atoms with Crippen LogP contribution in [0.2, 0.25) is 0 Å². The van der Waals surface area contributed by atoms with Gasteiger partial charge in [-0.3, -0.25) is 4.79 Å². The maximum atomic E-state index is 13.2. The number of carbonyl (C=O) groups is 1. The van der Waals surface area contributed by atoms with Gasteiger partial charge < -0.3 is 19.5 Å². The van der Waals surface area contributed by atoms with E-state index in [0.29, 0.717) is 17.9 Å². The molecule has 3 aromatic carbocycles. The predicted octanol–water partition coefficient (Wildman–Crippen LogP) is 3.73. The van der Waals surface area contributed by atoms with Gasteiger partial charge in [0.05, 0.1) is 11.0 Å². The number of amides is 1. The molecular weight excluding hydrogens is 424 g/mol. The third kappa shape index (κ3) is 3.79. The molecule has 5 rings (SSSR count). The van der Waals surface area contributed by atoms with E-state index in [9.17, 15) is 9.90 Å². The highest BCUT2D eigenvalue weighted by Crippen LogP contribution is 2.37. The van der Waals surface area contributed by atoms with Crippen molar-refractivity contribution in [1.82, 2.24) is 19.4 Å². The van der Waals surface area contributed by atoms with Crippen LogP contribution in [0.5, 0.6) is 0 Å². The summed E-state index contributed by atoms with van der Waals surface area (Å²) in [5.74, 6) is 0.591. The highest BCUT2D eigenvalue weighted by Gasteiger charge is 2.38. The summed E-state index contributed by atoms with van der Waals surface area (Å²) >= 11 is 0. The lowest BCUT2D eigenvalue weighted by atomic mass is 9.85. The summed E-state index contributed by atoms with van der Waals surface area (Å²) in [6.07, 6.45) is 0. The Hall–Kier alpha value is -3.48. The molecule has 1 fully saturated rings. The molecule has 34 heavy (non-hydrogen) atoms. The first kappa shape index (κ1) is 22.3. The molecule has 6 nitrogen and oxygen atoms in total. The topological polar surface area (TPSA) is 61.6 Å². The number of carbonyl (C=O) groups excluding carboxylic acids is 1. The number of likely N-dealkylation sites (N-methyl/N-ethyl adjacent to an activating group) is 1. The third-order valence-electron chi connectivity index (χ3n) is 6.81. The van der Waals surface area contributed by atoms with E-state index < -0.39 is 5.60 Å². The second-order valence-corrected chi connectivity index (χ2v) is 8.92. The normalized spacial score (nSPS) is 15.1. The highest BCUT2D eigenvalue weighted by molar-refractivity contribution is 5.97. The summed E-state index contributed by atoms with van der Waals surface area (Å²) in [7, 11) is 2.08. The monoisotopic (exact) mass is 454 g/mol. The van der Waals surface area contributed by atoms with E-state index in [4.69, 9.17) is 4.98 Å². The molecule has 1 amide bonds. The van der Waals surface area contributed by atoms with Crippen LogP contribution in [0, 0.1) is 0 Å². The summed E-state index contributed by atoms with van der Waals surface area (Å²) in [4.78, 5) is 22.3. The Kier molecular flexibility index (Phi) is 5.94. The summed E-state index contributed by atoms with van der Waals surface area (Å²) in [6.45, 7) is 5.87. The zero-order valence-corrected chi connectivity index (χ0v) is 19.7. The van der Waals surface area contributed by atoms with Crippen LogP contribution in [0.1, 0.15) is 34.2 Å². The minimum Gasteiger partial charge on any atom is -0.373 e. The molecule has 2 heterocycles. The summed E-state index contributed by atoms with van der Waals surface area (Å²) in [6, 6.07) is 24.9. The number of aromatic nitrogens is 2. The summed E-state index contributed by atoms with van der Waals surface area (Å²) in [5.41, 5.74) is 2.33. The molecule has 0 atom stereocenters. The smallest absolute Gasteiger partial charge is 0.254 e. The van der Waals surface area contributed by atoms with Gasteiger partial charge in [-0.2, -0.15) is 0 Å². The first-order chi connectivity index (χ1) is 16.5. The Morgan fingerprint density at radius 2 is 1.50 bits per heavy atom. The summed E-state index contributed by atoms with van der Waals surface area (Å²) < 4.78 is 2.02. The van der Waals surface area contributed by atoms with Crippen molar-refractivity contribution < 1.29 is 9.90 Å². The number of aliphatic hydroxyl groups is 1. The predicted molar refractivity (Wildman–Crippen MR) is 134 cm³/mol. The molecule has 1 aliphatic rings. The minimum absolute atomic E-state index is 0.0433. The molecule has 1 N–H and O–H groups in total. The maximum absolute atomic E-state index is 13.2. The first-order valence-corrected chi connectivity index (χ1v) is 11.8. The summed E-state index contributed by atoms with van der Waals surface area (Å²) in [5, 5.41) is 12.3. The van der Waals surface area contributed by atoms with E-state index >= 15 is 0 Å². The molecule has 0 spiro atoms. The standard InChI is InChI=1S/C28H30N4O2/c1-3-32-25-20-21(26(33)31-18-16-30(2)17-19-31)14-15-24(25)29-27(32)28(34,22-10-6-4-7-11-22)23-12-8-5-9-13-23/h4-15,20,34H,3,16-19H2,1-2H3. The molecule has 0 radical (unpaired) electrons. The largest absolute Gasteiger partial charge is 0.373 e. The van der Waals surface area contributed by atoms with Crippen molar-refractivity contribution in [1.29, 1.82) is 0 Å².